The molecule has 0 aliphatic heterocycles. The minimum absolute atomic E-state index is 0.118. The number of nitrogens with two attached hydrogens (primary N) is 1. The molecule has 0 aliphatic rings. The molecule has 0 heterocycles. The van der Waals surface area contributed by atoms with Gasteiger partial charge >= 0.3 is 0 Å². The van der Waals surface area contributed by atoms with E-state index in [2.05, 4.69) is 51.1 Å². The Balaban J connectivity index is 2.82. The zero-order valence-electron chi connectivity index (χ0n) is 10.1. The van der Waals surface area contributed by atoms with E-state index >= 15 is 0 Å². The molecule has 15 heavy (non-hydrogen) atoms. The smallest absolute Gasteiger partial charge is 0.0198 e. The third-order valence-electron chi connectivity index (χ3n) is 2.37. The van der Waals surface area contributed by atoms with Crippen LogP contribution in [0.25, 0.3) is 6.08 Å². The lowest BCUT2D eigenvalue weighted by molar-refractivity contribution is 0.590. The van der Waals surface area contributed by atoms with E-state index in [1.807, 2.05) is 13.0 Å². The van der Waals surface area contributed by atoms with Crippen LogP contribution in [0.3, 0.4) is 0 Å². The van der Waals surface area contributed by atoms with E-state index in [-0.39, 0.29) is 11.5 Å². The fourth-order valence-corrected chi connectivity index (χ4v) is 1.36. The zero-order chi connectivity index (χ0) is 11.5. The Morgan fingerprint density at radius 2 is 1.67 bits per heavy atom. The van der Waals surface area contributed by atoms with Crippen molar-refractivity contribution >= 4 is 6.08 Å². The molecule has 0 bridgehead atoms. The second-order valence-electron chi connectivity index (χ2n) is 5.09. The van der Waals surface area contributed by atoms with Gasteiger partial charge in [-0.05, 0) is 23.5 Å². The van der Waals surface area contributed by atoms with Crippen LogP contribution in [0.4, 0.5) is 0 Å². The molecule has 0 radical (unpaired) electrons. The molecule has 0 saturated carbocycles. The maximum absolute atomic E-state index is 5.65. The molecule has 1 heteroatoms. The zero-order valence-corrected chi connectivity index (χ0v) is 10.1. The van der Waals surface area contributed by atoms with Crippen LogP contribution < -0.4 is 5.73 Å². The van der Waals surface area contributed by atoms with E-state index < -0.39 is 0 Å². The van der Waals surface area contributed by atoms with Crippen molar-refractivity contribution in [2.45, 2.75) is 39.2 Å². The molecule has 82 valence electrons. The fraction of sp³-hybridized carbons (Fsp3) is 0.429. The van der Waals surface area contributed by atoms with E-state index in [9.17, 15) is 0 Å². The molecular weight excluding hydrogens is 182 g/mol. The van der Waals surface area contributed by atoms with Gasteiger partial charge in [0, 0.05) is 6.04 Å². The normalized spacial score (nSPS) is 14.5. The van der Waals surface area contributed by atoms with Gasteiger partial charge in [-0.1, -0.05) is 57.2 Å². The molecule has 0 fully saturated rings. The number of hydrogen-bond donors (Lipinski definition) is 1. The van der Waals surface area contributed by atoms with Crippen LogP contribution in [0.1, 0.15) is 38.8 Å². The van der Waals surface area contributed by atoms with Gasteiger partial charge in [0.05, 0.1) is 0 Å². The van der Waals surface area contributed by atoms with Crippen molar-refractivity contribution in [3.8, 4) is 0 Å². The average Bonchev–Trinajstić information content (AvgIpc) is 2.14. The van der Waals surface area contributed by atoms with Crippen molar-refractivity contribution in [1.82, 2.24) is 0 Å². The van der Waals surface area contributed by atoms with Gasteiger partial charge in [-0.2, -0.15) is 0 Å². The Labute approximate surface area is 93.0 Å². The molecule has 1 aromatic rings. The summed E-state index contributed by atoms with van der Waals surface area (Å²) in [6, 6.07) is 8.76. The van der Waals surface area contributed by atoms with Crippen LogP contribution in [0.5, 0.6) is 0 Å². The summed E-state index contributed by atoms with van der Waals surface area (Å²) >= 11 is 0. The highest BCUT2D eigenvalue weighted by Gasteiger charge is 2.12. The largest absolute Gasteiger partial charge is 0.325 e. The lowest BCUT2D eigenvalue weighted by Gasteiger charge is -2.18. The van der Waals surface area contributed by atoms with Crippen LogP contribution in [0.15, 0.2) is 30.3 Å². The molecule has 1 unspecified atom stereocenters. The predicted molar refractivity (Wildman–Crippen MR) is 67.8 cm³/mol. The Morgan fingerprint density at radius 1 is 1.13 bits per heavy atom. The molecule has 1 nitrogen and oxygen atoms in total. The molecule has 2 N–H and O–H groups in total. The summed E-state index contributed by atoms with van der Waals surface area (Å²) in [6.07, 6.45) is 4.07. The van der Waals surface area contributed by atoms with Crippen molar-refractivity contribution in [1.29, 1.82) is 0 Å². The molecule has 0 spiro atoms. The van der Waals surface area contributed by atoms with Gasteiger partial charge < -0.3 is 5.73 Å². The second kappa shape index (κ2) is 4.63. The van der Waals surface area contributed by atoms with E-state index in [0.29, 0.717) is 0 Å². The van der Waals surface area contributed by atoms with Crippen molar-refractivity contribution < 1.29 is 0 Å². The first kappa shape index (κ1) is 12.0. The molecule has 0 amide bonds. The summed E-state index contributed by atoms with van der Waals surface area (Å²) in [5.74, 6) is 0. The SMILES string of the molecule is CC(N)/C=C/c1ccc(C(C)(C)C)cc1. The van der Waals surface area contributed by atoms with Crippen LogP contribution in [-0.4, -0.2) is 6.04 Å². The van der Waals surface area contributed by atoms with Gasteiger partial charge in [0.25, 0.3) is 0 Å². The Kier molecular flexibility index (Phi) is 3.70. The lowest BCUT2D eigenvalue weighted by Crippen LogP contribution is -2.11. The highest BCUT2D eigenvalue weighted by Crippen LogP contribution is 2.22. The Hall–Kier alpha value is -1.08. The fourth-order valence-electron chi connectivity index (χ4n) is 1.36. The van der Waals surface area contributed by atoms with Gasteiger partial charge in [-0.25, -0.2) is 0 Å². The third kappa shape index (κ3) is 3.88. The Bertz CT molecular complexity index is 325. The topological polar surface area (TPSA) is 26.0 Å². The minimum atomic E-state index is 0.118. The van der Waals surface area contributed by atoms with Crippen LogP contribution >= 0.6 is 0 Å². The van der Waals surface area contributed by atoms with E-state index in [1.54, 1.807) is 0 Å². The second-order valence-corrected chi connectivity index (χ2v) is 5.09. The number of benzene rings is 1. The molecular formula is C14H21N. The first-order valence-electron chi connectivity index (χ1n) is 5.44. The highest BCUT2D eigenvalue weighted by atomic mass is 14.6. The summed E-state index contributed by atoms with van der Waals surface area (Å²) in [4.78, 5) is 0. The first-order valence-corrected chi connectivity index (χ1v) is 5.44. The maximum Gasteiger partial charge on any atom is 0.0198 e. The number of hydrogen-bond acceptors (Lipinski definition) is 1. The summed E-state index contributed by atoms with van der Waals surface area (Å²) in [5, 5.41) is 0. The van der Waals surface area contributed by atoms with Crippen LogP contribution in [0, 0.1) is 0 Å². The van der Waals surface area contributed by atoms with Crippen molar-refractivity contribution in [3.05, 3.63) is 41.5 Å². The van der Waals surface area contributed by atoms with Crippen LogP contribution in [0.2, 0.25) is 0 Å². The van der Waals surface area contributed by atoms with E-state index in [0.717, 1.165) is 0 Å². The van der Waals surface area contributed by atoms with Crippen molar-refractivity contribution in [2.24, 2.45) is 5.73 Å². The minimum Gasteiger partial charge on any atom is -0.325 e. The first-order chi connectivity index (χ1) is 6.89. The summed E-state index contributed by atoms with van der Waals surface area (Å²) < 4.78 is 0. The predicted octanol–water partition coefficient (Wildman–Crippen LogP) is 3.34. The average molecular weight is 203 g/mol. The van der Waals surface area contributed by atoms with Crippen molar-refractivity contribution in [3.63, 3.8) is 0 Å². The number of rotatable bonds is 2. The quantitative estimate of drug-likeness (QED) is 0.783. The van der Waals surface area contributed by atoms with Crippen molar-refractivity contribution in [2.75, 3.05) is 0 Å². The molecule has 0 aromatic heterocycles. The molecule has 0 saturated heterocycles. The summed E-state index contributed by atoms with van der Waals surface area (Å²) in [6.45, 7) is 8.64. The molecule has 1 rings (SSSR count). The standard InChI is InChI=1S/C14H21N/c1-11(15)5-6-12-7-9-13(10-8-12)14(2,3)4/h5-11H,15H2,1-4H3/b6-5+. The lowest BCUT2D eigenvalue weighted by atomic mass is 9.87. The summed E-state index contributed by atoms with van der Waals surface area (Å²) in [7, 11) is 0. The van der Waals surface area contributed by atoms with E-state index in [4.69, 9.17) is 5.73 Å². The molecule has 1 aromatic carbocycles. The Morgan fingerprint density at radius 3 is 2.07 bits per heavy atom. The summed E-state index contributed by atoms with van der Waals surface area (Å²) in [5.41, 5.74) is 8.45. The van der Waals surface area contributed by atoms with Gasteiger partial charge in [0.15, 0.2) is 0 Å². The van der Waals surface area contributed by atoms with Gasteiger partial charge in [-0.15, -0.1) is 0 Å². The van der Waals surface area contributed by atoms with E-state index in [1.165, 1.54) is 11.1 Å². The van der Waals surface area contributed by atoms with Gasteiger partial charge in [0.1, 0.15) is 0 Å². The van der Waals surface area contributed by atoms with Gasteiger partial charge in [-0.3, -0.25) is 0 Å². The third-order valence-corrected chi connectivity index (χ3v) is 2.37. The molecule has 0 aliphatic carbocycles. The monoisotopic (exact) mass is 203 g/mol. The highest BCUT2D eigenvalue weighted by molar-refractivity contribution is 5.50. The van der Waals surface area contributed by atoms with Crippen LogP contribution in [-0.2, 0) is 5.41 Å². The maximum atomic E-state index is 5.65. The van der Waals surface area contributed by atoms with Gasteiger partial charge in [0.2, 0.25) is 0 Å². The molecule has 1 atom stereocenters.